The monoisotopic (exact) mass is 705 g/mol. The third-order valence-corrected chi connectivity index (χ3v) is 7.07. The largest absolute Gasteiger partial charge is 0.320 e. The van der Waals surface area contributed by atoms with E-state index in [1.165, 1.54) is 0 Å². The highest BCUT2D eigenvalue weighted by Crippen LogP contribution is 2.60. The van der Waals surface area contributed by atoms with Gasteiger partial charge in [0.15, 0.2) is 21.2 Å². The molecule has 1 atom stereocenters. The zero-order valence-corrected chi connectivity index (χ0v) is 23.1. The molecule has 1 aliphatic rings. The molecule has 0 N–H and O–H groups in total. The molecule has 0 aromatic heterocycles. The summed E-state index contributed by atoms with van der Waals surface area (Å²) in [5.74, 6) is 0. The third-order valence-electron chi connectivity index (χ3n) is 6.36. The van der Waals surface area contributed by atoms with Crippen LogP contribution >= 0.6 is 23.2 Å². The zero-order valence-electron chi connectivity index (χ0n) is 21.6. The third kappa shape index (κ3) is 5.37. The first kappa shape index (κ1) is 34.6. The van der Waals surface area contributed by atoms with E-state index in [1.54, 1.807) is 0 Å². The maximum absolute atomic E-state index is 13.1. The van der Waals surface area contributed by atoms with Crippen molar-refractivity contribution in [2.75, 3.05) is 0 Å². The van der Waals surface area contributed by atoms with Gasteiger partial charge in [-0.2, -0.15) is 0 Å². The van der Waals surface area contributed by atoms with Crippen LogP contribution in [0.25, 0.3) is 5.57 Å². The lowest BCUT2D eigenvalue weighted by molar-refractivity contribution is -0.571. The number of nitro benzene ring substituents is 6. The van der Waals surface area contributed by atoms with Crippen molar-refractivity contribution in [1.82, 2.24) is 0 Å². The highest BCUT2D eigenvalue weighted by molar-refractivity contribution is 6.41. The SMILES string of the molecule is O=[N+]([O-])C1=CC([N+](=O)[O-])=C(c2c([N+](=O)[O-])c(Cl)c([N+](=O)[O-])c(Cl)c2[N+](=O)[O-])C(c2c([N+](=O)[O-])cc([N+](=O)[O-])cc2[N+](=O)[O-])([N+](=O)[O-])C1. The fraction of sp³-hybridized carbons (Fsp3) is 0.111. The summed E-state index contributed by atoms with van der Waals surface area (Å²) in [4.78, 5) is 93.7. The second-order valence-corrected chi connectivity index (χ2v) is 9.41. The van der Waals surface area contributed by atoms with Crippen molar-refractivity contribution in [1.29, 1.82) is 0 Å². The molecular weight excluding hydrogens is 701 g/mol. The van der Waals surface area contributed by atoms with Crippen LogP contribution in [0.3, 0.4) is 0 Å². The number of non-ortho nitro benzene ring substituents is 1. The summed E-state index contributed by atoms with van der Waals surface area (Å²) in [6.45, 7) is 0. The molecule has 2 aromatic rings. The number of hydrogen-bond donors (Lipinski definition) is 0. The molecular formula is C18H5Cl2N9O18. The molecule has 1 aliphatic carbocycles. The first-order valence-electron chi connectivity index (χ1n) is 11.1. The second kappa shape index (κ2) is 11.9. The van der Waals surface area contributed by atoms with Gasteiger partial charge in [-0.25, -0.2) is 0 Å². The van der Waals surface area contributed by atoms with E-state index in [4.69, 9.17) is 23.2 Å². The highest BCUT2D eigenvalue weighted by atomic mass is 35.5. The summed E-state index contributed by atoms with van der Waals surface area (Å²) < 4.78 is 0. The van der Waals surface area contributed by atoms with Crippen LogP contribution in [0.5, 0.6) is 0 Å². The van der Waals surface area contributed by atoms with Gasteiger partial charge in [0.05, 0.1) is 57.6 Å². The average Bonchev–Trinajstić information content (AvgIpc) is 2.94. The Morgan fingerprint density at radius 3 is 1.28 bits per heavy atom. The van der Waals surface area contributed by atoms with E-state index in [0.29, 0.717) is 0 Å². The molecule has 3 rings (SSSR count). The van der Waals surface area contributed by atoms with Crippen LogP contribution in [0.2, 0.25) is 10.0 Å². The smallest absolute Gasteiger partial charge is 0.263 e. The normalized spacial score (nSPS) is 15.7. The Bertz CT molecular complexity index is 1930. The van der Waals surface area contributed by atoms with E-state index in [-0.39, 0.29) is 18.2 Å². The molecule has 2 aromatic carbocycles. The Hall–Kier alpha value is -6.90. The fourth-order valence-electron chi connectivity index (χ4n) is 4.71. The van der Waals surface area contributed by atoms with Gasteiger partial charge in [-0.05, 0) is 0 Å². The van der Waals surface area contributed by atoms with Gasteiger partial charge < -0.3 is 0 Å². The number of hydrogen-bond acceptors (Lipinski definition) is 18. The maximum atomic E-state index is 13.1. The summed E-state index contributed by atoms with van der Waals surface area (Å²) in [5, 5.41) is 106. The van der Waals surface area contributed by atoms with Gasteiger partial charge in [-0.1, -0.05) is 23.2 Å². The van der Waals surface area contributed by atoms with Crippen molar-refractivity contribution in [2.24, 2.45) is 0 Å². The minimum Gasteiger partial charge on any atom is -0.263 e. The first-order valence-corrected chi connectivity index (χ1v) is 11.9. The lowest BCUT2D eigenvalue weighted by atomic mass is 9.71. The molecule has 47 heavy (non-hydrogen) atoms. The molecule has 0 bridgehead atoms. The summed E-state index contributed by atoms with van der Waals surface area (Å²) in [5.41, 5.74) is -25.7. The number of halogens is 2. The quantitative estimate of drug-likeness (QED) is 0.233. The minimum atomic E-state index is -4.31. The predicted molar refractivity (Wildman–Crippen MR) is 145 cm³/mol. The number of benzene rings is 2. The number of rotatable bonds is 11. The van der Waals surface area contributed by atoms with Crippen LogP contribution < -0.4 is 0 Å². The highest BCUT2D eigenvalue weighted by Gasteiger charge is 2.67. The summed E-state index contributed by atoms with van der Waals surface area (Å²) in [6.07, 6.45) is -2.20. The van der Waals surface area contributed by atoms with Crippen LogP contribution in [0.1, 0.15) is 17.5 Å². The summed E-state index contributed by atoms with van der Waals surface area (Å²) >= 11 is 11.6. The van der Waals surface area contributed by atoms with Gasteiger partial charge in [0, 0.05) is 4.92 Å². The molecule has 27 nitrogen and oxygen atoms in total. The fourth-order valence-corrected chi connectivity index (χ4v) is 5.41. The van der Waals surface area contributed by atoms with Crippen molar-refractivity contribution < 1.29 is 44.3 Å². The molecule has 0 heterocycles. The van der Waals surface area contributed by atoms with E-state index in [9.17, 15) is 91.0 Å². The predicted octanol–water partition coefficient (Wildman–Crippen LogP) is 4.17. The van der Waals surface area contributed by atoms with Gasteiger partial charge in [-0.15, -0.1) is 0 Å². The average molecular weight is 706 g/mol. The van der Waals surface area contributed by atoms with E-state index < -0.39 is 129 Å². The summed E-state index contributed by atoms with van der Waals surface area (Å²) in [7, 11) is 0. The van der Waals surface area contributed by atoms with E-state index in [0.717, 1.165) is 0 Å². The van der Waals surface area contributed by atoms with Crippen molar-refractivity contribution in [3.63, 3.8) is 0 Å². The Morgan fingerprint density at radius 1 is 0.553 bits per heavy atom. The molecule has 1 unspecified atom stereocenters. The van der Waals surface area contributed by atoms with Gasteiger partial charge in [0.2, 0.25) is 0 Å². The second-order valence-electron chi connectivity index (χ2n) is 8.65. The summed E-state index contributed by atoms with van der Waals surface area (Å²) in [6, 6.07) is -0.278. The number of nitrogens with zero attached hydrogens (tertiary/aromatic N) is 9. The van der Waals surface area contributed by atoms with Crippen LogP contribution in [-0.4, -0.2) is 44.3 Å². The van der Waals surface area contributed by atoms with Crippen LogP contribution in [-0.2, 0) is 5.54 Å². The minimum absolute atomic E-state index is 0.139. The van der Waals surface area contributed by atoms with Crippen molar-refractivity contribution >= 4 is 62.9 Å². The topological polar surface area (TPSA) is 388 Å². The lowest BCUT2D eigenvalue weighted by Gasteiger charge is -2.28. The molecule has 29 heteroatoms. The van der Waals surface area contributed by atoms with Crippen molar-refractivity contribution in [3.05, 3.63) is 142 Å². The van der Waals surface area contributed by atoms with Crippen molar-refractivity contribution in [2.45, 2.75) is 12.0 Å². The molecule has 0 fully saturated rings. The molecule has 0 saturated carbocycles. The molecule has 0 aliphatic heterocycles. The number of nitro groups is 9. The van der Waals surface area contributed by atoms with E-state index >= 15 is 0 Å². The van der Waals surface area contributed by atoms with Gasteiger partial charge >= 0.3 is 22.6 Å². The van der Waals surface area contributed by atoms with Crippen LogP contribution in [0.15, 0.2) is 29.6 Å². The molecule has 0 spiro atoms. The lowest BCUT2D eigenvalue weighted by Crippen LogP contribution is -2.42. The first-order chi connectivity index (χ1) is 21.6. The molecule has 244 valence electrons. The molecule has 0 radical (unpaired) electrons. The van der Waals surface area contributed by atoms with Gasteiger partial charge in [-0.3, -0.25) is 91.0 Å². The van der Waals surface area contributed by atoms with Gasteiger partial charge in [0.1, 0.15) is 12.0 Å². The Kier molecular flexibility index (Phi) is 8.75. The Morgan fingerprint density at radius 2 is 0.979 bits per heavy atom. The Balaban J connectivity index is 3.00. The Labute approximate surface area is 261 Å². The maximum Gasteiger partial charge on any atom is 0.320 e. The van der Waals surface area contributed by atoms with E-state index in [1.807, 2.05) is 0 Å². The van der Waals surface area contributed by atoms with E-state index in [2.05, 4.69) is 0 Å². The standard InChI is InChI=1S/C18H5Cl2N9O18/c19-13-15(26(40)41)10(16(27(42)43)14(20)17(13)28(44)45)12-9(25(38)39)3-6(22(32)33)4-18(12,29(46)47)11-7(23(34)35)1-5(21(30)31)2-8(11)24(36)37/h1-3H,4H2. The van der Waals surface area contributed by atoms with Crippen LogP contribution in [0, 0.1) is 91.0 Å². The van der Waals surface area contributed by atoms with Gasteiger partial charge in [0.25, 0.3) is 28.5 Å². The zero-order chi connectivity index (χ0) is 36.0. The molecule has 0 amide bonds. The number of allylic oxidation sites excluding steroid dienone is 1. The van der Waals surface area contributed by atoms with Crippen LogP contribution in [0.4, 0.5) is 34.1 Å². The molecule has 0 saturated heterocycles. The van der Waals surface area contributed by atoms with Crippen molar-refractivity contribution in [3.8, 4) is 0 Å².